The van der Waals surface area contributed by atoms with E-state index in [1.54, 1.807) is 24.3 Å². The summed E-state index contributed by atoms with van der Waals surface area (Å²) in [6, 6.07) is 7.15. The minimum Gasteiger partial charge on any atom is -0.322 e. The number of hydrogen-bond donors (Lipinski definition) is 1. The molecule has 6 heteroatoms. The molecule has 18 heavy (non-hydrogen) atoms. The van der Waals surface area contributed by atoms with Gasteiger partial charge in [-0.1, -0.05) is 29.8 Å². The van der Waals surface area contributed by atoms with Crippen LogP contribution in [0.15, 0.2) is 24.3 Å². The van der Waals surface area contributed by atoms with Gasteiger partial charge in [0.05, 0.1) is 11.2 Å². The van der Waals surface area contributed by atoms with E-state index in [9.17, 15) is 9.59 Å². The zero-order valence-corrected chi connectivity index (χ0v) is 11.0. The zero-order chi connectivity index (χ0) is 13.3. The Kier molecular flexibility index (Phi) is 3.59. The van der Waals surface area contributed by atoms with E-state index in [1.807, 2.05) is 0 Å². The Morgan fingerprint density at radius 1 is 1.33 bits per heavy atom. The molecule has 94 valence electrons. The van der Waals surface area contributed by atoms with Gasteiger partial charge in [-0.3, -0.25) is 14.2 Å². The molecular formula is C12H10Cl2N2O2. The van der Waals surface area contributed by atoms with E-state index in [4.69, 9.17) is 23.2 Å². The SMILES string of the molecule is CC(=O)n1c(Cl)c(NC(=O)CCl)c2ccccc21. The van der Waals surface area contributed by atoms with E-state index in [-0.39, 0.29) is 22.8 Å². The lowest BCUT2D eigenvalue weighted by molar-refractivity contribution is -0.113. The first kappa shape index (κ1) is 12.9. The molecule has 0 aliphatic heterocycles. The van der Waals surface area contributed by atoms with Crippen LogP contribution < -0.4 is 5.32 Å². The molecule has 0 saturated heterocycles. The summed E-state index contributed by atoms with van der Waals surface area (Å²) >= 11 is 11.6. The molecule has 0 aliphatic rings. The molecule has 0 radical (unpaired) electrons. The van der Waals surface area contributed by atoms with Crippen LogP contribution in [0.25, 0.3) is 10.9 Å². The maximum absolute atomic E-state index is 11.6. The van der Waals surface area contributed by atoms with Crippen molar-refractivity contribution in [1.29, 1.82) is 0 Å². The number of hydrogen-bond acceptors (Lipinski definition) is 2. The molecule has 1 N–H and O–H groups in total. The Hall–Kier alpha value is -1.52. The summed E-state index contributed by atoms with van der Waals surface area (Å²) in [7, 11) is 0. The van der Waals surface area contributed by atoms with Crippen LogP contribution in [-0.2, 0) is 4.79 Å². The smallest absolute Gasteiger partial charge is 0.239 e. The molecule has 2 rings (SSSR count). The van der Waals surface area contributed by atoms with Crippen molar-refractivity contribution in [3.8, 4) is 0 Å². The minimum atomic E-state index is -0.370. The van der Waals surface area contributed by atoms with Gasteiger partial charge in [-0.05, 0) is 6.07 Å². The first-order valence-electron chi connectivity index (χ1n) is 5.22. The van der Waals surface area contributed by atoms with Gasteiger partial charge in [-0.2, -0.15) is 0 Å². The van der Waals surface area contributed by atoms with Crippen LogP contribution in [0, 0.1) is 0 Å². The largest absolute Gasteiger partial charge is 0.322 e. The monoisotopic (exact) mass is 284 g/mol. The summed E-state index contributed by atoms with van der Waals surface area (Å²) in [6.45, 7) is 1.41. The van der Waals surface area contributed by atoms with Gasteiger partial charge in [0.25, 0.3) is 0 Å². The van der Waals surface area contributed by atoms with Crippen molar-refractivity contribution in [1.82, 2.24) is 4.57 Å². The highest BCUT2D eigenvalue weighted by Crippen LogP contribution is 2.34. The Morgan fingerprint density at radius 2 is 2.00 bits per heavy atom. The van der Waals surface area contributed by atoms with Gasteiger partial charge in [0.1, 0.15) is 11.0 Å². The second-order valence-electron chi connectivity index (χ2n) is 3.72. The number of carbonyl (C=O) groups excluding carboxylic acids is 2. The molecule has 0 bridgehead atoms. The Bertz CT molecular complexity index is 634. The summed E-state index contributed by atoms with van der Waals surface area (Å²) in [4.78, 5) is 22.9. The normalized spacial score (nSPS) is 10.6. The predicted molar refractivity (Wildman–Crippen MR) is 72.6 cm³/mol. The van der Waals surface area contributed by atoms with Crippen molar-refractivity contribution in [3.05, 3.63) is 29.4 Å². The minimum absolute atomic E-state index is 0.171. The number of nitrogens with one attached hydrogen (secondary N) is 1. The molecule has 4 nitrogen and oxygen atoms in total. The number of aromatic nitrogens is 1. The van der Waals surface area contributed by atoms with Gasteiger partial charge >= 0.3 is 0 Å². The van der Waals surface area contributed by atoms with Crippen molar-refractivity contribution < 1.29 is 9.59 Å². The quantitative estimate of drug-likeness (QED) is 0.862. The summed E-state index contributed by atoms with van der Waals surface area (Å²) < 4.78 is 1.35. The summed E-state index contributed by atoms with van der Waals surface area (Å²) in [5, 5.41) is 3.49. The summed E-state index contributed by atoms with van der Waals surface area (Å²) in [5.41, 5.74) is 1.06. The first-order chi connectivity index (χ1) is 8.56. The van der Waals surface area contributed by atoms with Crippen molar-refractivity contribution in [2.45, 2.75) is 6.92 Å². The lowest BCUT2D eigenvalue weighted by Crippen LogP contribution is -2.13. The van der Waals surface area contributed by atoms with Crippen LogP contribution in [0.2, 0.25) is 5.15 Å². The maximum atomic E-state index is 11.6. The molecule has 0 spiro atoms. The second-order valence-corrected chi connectivity index (χ2v) is 4.34. The fraction of sp³-hybridized carbons (Fsp3) is 0.167. The van der Waals surface area contributed by atoms with Gasteiger partial charge in [0.2, 0.25) is 11.8 Å². The van der Waals surface area contributed by atoms with Crippen LogP contribution >= 0.6 is 23.2 Å². The highest BCUT2D eigenvalue weighted by atomic mass is 35.5. The van der Waals surface area contributed by atoms with Gasteiger partial charge in [0, 0.05) is 12.3 Å². The fourth-order valence-electron chi connectivity index (χ4n) is 1.81. The van der Waals surface area contributed by atoms with Gasteiger partial charge in [-0.25, -0.2) is 0 Å². The first-order valence-corrected chi connectivity index (χ1v) is 6.13. The molecule has 0 aliphatic carbocycles. The second kappa shape index (κ2) is 5.00. The standard InChI is InChI=1S/C12H10Cl2N2O2/c1-7(17)16-9-5-3-2-4-8(9)11(12(16)14)15-10(18)6-13/h2-5H,6H2,1H3,(H,15,18). The number of rotatable bonds is 2. The van der Waals surface area contributed by atoms with E-state index < -0.39 is 0 Å². The lowest BCUT2D eigenvalue weighted by atomic mass is 10.2. The van der Waals surface area contributed by atoms with Gasteiger partial charge in [0.15, 0.2) is 0 Å². The van der Waals surface area contributed by atoms with E-state index in [0.717, 1.165) is 0 Å². The van der Waals surface area contributed by atoms with Crippen molar-refractivity contribution in [2.75, 3.05) is 11.2 Å². The van der Waals surface area contributed by atoms with Crippen LogP contribution in [0.5, 0.6) is 0 Å². The van der Waals surface area contributed by atoms with Gasteiger partial charge < -0.3 is 5.32 Å². The molecule has 0 saturated carbocycles. The Morgan fingerprint density at radius 3 is 2.61 bits per heavy atom. The topological polar surface area (TPSA) is 51.1 Å². The third kappa shape index (κ3) is 2.09. The molecule has 0 unspecified atom stereocenters. The predicted octanol–water partition coefficient (Wildman–Crippen LogP) is 3.13. The van der Waals surface area contributed by atoms with Crippen molar-refractivity contribution in [3.63, 3.8) is 0 Å². The molecule has 1 aromatic heterocycles. The third-order valence-corrected chi connectivity index (χ3v) is 3.12. The highest BCUT2D eigenvalue weighted by molar-refractivity contribution is 6.37. The number of amides is 1. The average Bonchev–Trinajstić information content (AvgIpc) is 2.62. The number of alkyl halides is 1. The van der Waals surface area contributed by atoms with E-state index >= 15 is 0 Å². The number of fused-ring (bicyclic) bond motifs is 1. The number of para-hydroxylation sites is 1. The molecule has 0 fully saturated rings. The Labute approximate surface area is 113 Å². The lowest BCUT2D eigenvalue weighted by Gasteiger charge is -2.02. The van der Waals surface area contributed by atoms with Crippen molar-refractivity contribution >= 4 is 51.6 Å². The van der Waals surface area contributed by atoms with Crippen molar-refractivity contribution in [2.24, 2.45) is 0 Å². The zero-order valence-electron chi connectivity index (χ0n) is 9.54. The van der Waals surface area contributed by atoms with E-state index in [1.165, 1.54) is 11.5 Å². The fourth-order valence-corrected chi connectivity index (χ4v) is 2.23. The van der Waals surface area contributed by atoms with Gasteiger partial charge in [-0.15, -0.1) is 11.6 Å². The highest BCUT2D eigenvalue weighted by Gasteiger charge is 2.18. The van der Waals surface area contributed by atoms with E-state index in [0.29, 0.717) is 16.6 Å². The number of nitrogens with zero attached hydrogens (tertiary/aromatic N) is 1. The number of anilines is 1. The molecule has 1 aromatic carbocycles. The van der Waals surface area contributed by atoms with E-state index in [2.05, 4.69) is 5.32 Å². The number of benzene rings is 1. The van der Waals surface area contributed by atoms with Crippen LogP contribution in [-0.4, -0.2) is 22.3 Å². The third-order valence-electron chi connectivity index (χ3n) is 2.52. The van der Waals surface area contributed by atoms with Crippen LogP contribution in [0.4, 0.5) is 5.69 Å². The summed E-state index contributed by atoms with van der Waals surface area (Å²) in [6.07, 6.45) is 0. The summed E-state index contributed by atoms with van der Waals surface area (Å²) in [5.74, 6) is -0.761. The average molecular weight is 285 g/mol. The number of halogens is 2. The maximum Gasteiger partial charge on any atom is 0.239 e. The molecule has 1 heterocycles. The molecule has 2 aromatic rings. The molecule has 1 amide bonds. The van der Waals surface area contributed by atoms with Crippen LogP contribution in [0.1, 0.15) is 11.7 Å². The molecular weight excluding hydrogens is 275 g/mol. The molecule has 0 atom stereocenters. The Balaban J connectivity index is 2.69. The van der Waals surface area contributed by atoms with Crippen LogP contribution in [0.3, 0.4) is 0 Å². The number of carbonyl (C=O) groups is 2.